The van der Waals surface area contributed by atoms with E-state index in [4.69, 9.17) is 4.74 Å². The van der Waals surface area contributed by atoms with E-state index in [2.05, 4.69) is 0 Å². The first-order chi connectivity index (χ1) is 10.1. The summed E-state index contributed by atoms with van der Waals surface area (Å²) in [5.41, 5.74) is 1.07. The van der Waals surface area contributed by atoms with Gasteiger partial charge in [-0.05, 0) is 12.0 Å². The Balaban J connectivity index is 2.13. The molecule has 0 bridgehead atoms. The van der Waals surface area contributed by atoms with Gasteiger partial charge in [0.05, 0.1) is 6.54 Å². The van der Waals surface area contributed by atoms with Gasteiger partial charge in [-0.15, -0.1) is 0 Å². The molecule has 114 valence electrons. The number of carbonyl (C=O) groups excluding carboxylic acids is 2. The summed E-state index contributed by atoms with van der Waals surface area (Å²) in [5.74, 6) is 0.0185. The van der Waals surface area contributed by atoms with E-state index in [1.807, 2.05) is 30.3 Å². The van der Waals surface area contributed by atoms with Crippen molar-refractivity contribution >= 4 is 11.8 Å². The average Bonchev–Trinajstić information content (AvgIpc) is 2.49. The first-order valence-electron chi connectivity index (χ1n) is 7.20. The Morgan fingerprint density at radius 1 is 1.24 bits per heavy atom. The molecule has 1 aromatic rings. The average molecular weight is 290 g/mol. The van der Waals surface area contributed by atoms with Crippen LogP contribution in [0.1, 0.15) is 12.0 Å². The van der Waals surface area contributed by atoms with E-state index < -0.39 is 6.04 Å². The normalized spacial score (nSPS) is 19.2. The van der Waals surface area contributed by atoms with Crippen LogP contribution in [0.25, 0.3) is 0 Å². The molecule has 2 rings (SSSR count). The van der Waals surface area contributed by atoms with Gasteiger partial charge in [0.1, 0.15) is 6.04 Å². The van der Waals surface area contributed by atoms with E-state index in [0.717, 1.165) is 12.0 Å². The largest absolute Gasteiger partial charge is 0.385 e. The van der Waals surface area contributed by atoms with Crippen LogP contribution in [0.2, 0.25) is 0 Å². The minimum atomic E-state index is -0.407. The number of amides is 2. The van der Waals surface area contributed by atoms with Crippen molar-refractivity contribution in [2.24, 2.45) is 0 Å². The number of rotatable bonds is 6. The number of hydrogen-bond donors (Lipinski definition) is 0. The Morgan fingerprint density at radius 2 is 1.95 bits per heavy atom. The van der Waals surface area contributed by atoms with E-state index in [-0.39, 0.29) is 18.4 Å². The maximum Gasteiger partial charge on any atom is 0.245 e. The van der Waals surface area contributed by atoms with Crippen molar-refractivity contribution in [1.82, 2.24) is 9.80 Å². The molecule has 1 heterocycles. The molecule has 0 aliphatic carbocycles. The van der Waals surface area contributed by atoms with E-state index in [9.17, 15) is 9.59 Å². The molecule has 0 aromatic heterocycles. The molecule has 0 unspecified atom stereocenters. The molecule has 2 amide bonds. The van der Waals surface area contributed by atoms with Gasteiger partial charge in [-0.1, -0.05) is 30.3 Å². The van der Waals surface area contributed by atoms with Crippen LogP contribution < -0.4 is 0 Å². The summed E-state index contributed by atoms with van der Waals surface area (Å²) in [6, 6.07) is 9.40. The van der Waals surface area contributed by atoms with Crippen LogP contribution >= 0.6 is 0 Å². The van der Waals surface area contributed by atoms with Gasteiger partial charge in [0.25, 0.3) is 0 Å². The van der Waals surface area contributed by atoms with Crippen molar-refractivity contribution in [3.63, 3.8) is 0 Å². The van der Waals surface area contributed by atoms with E-state index in [1.165, 1.54) is 4.90 Å². The predicted octanol–water partition coefficient (Wildman–Crippen LogP) is 0.935. The summed E-state index contributed by atoms with van der Waals surface area (Å²) in [6.07, 6.45) is 1.30. The summed E-state index contributed by atoms with van der Waals surface area (Å²) < 4.78 is 5.04. The van der Waals surface area contributed by atoms with Gasteiger partial charge in [-0.3, -0.25) is 9.59 Å². The van der Waals surface area contributed by atoms with Gasteiger partial charge in [0, 0.05) is 33.7 Å². The van der Waals surface area contributed by atoms with Crippen LogP contribution in [0.3, 0.4) is 0 Å². The number of hydrogen-bond acceptors (Lipinski definition) is 3. The summed E-state index contributed by atoms with van der Waals surface area (Å²) in [6.45, 7) is 1.31. The third kappa shape index (κ3) is 3.82. The Hall–Kier alpha value is -1.88. The number of likely N-dealkylation sites (N-methyl/N-ethyl adjacent to an activating group) is 1. The number of nitrogens with zero attached hydrogens (tertiary/aromatic N) is 2. The number of ether oxygens (including phenoxy) is 1. The molecule has 21 heavy (non-hydrogen) atoms. The molecule has 1 aliphatic rings. The van der Waals surface area contributed by atoms with Crippen LogP contribution in [-0.2, 0) is 20.7 Å². The van der Waals surface area contributed by atoms with Crippen molar-refractivity contribution < 1.29 is 14.3 Å². The summed E-state index contributed by atoms with van der Waals surface area (Å²) in [4.78, 5) is 27.9. The highest BCUT2D eigenvalue weighted by Crippen LogP contribution is 2.17. The minimum Gasteiger partial charge on any atom is -0.385 e. The fourth-order valence-corrected chi connectivity index (χ4v) is 2.63. The third-order valence-corrected chi connectivity index (χ3v) is 3.75. The number of piperazine rings is 1. The van der Waals surface area contributed by atoms with Crippen molar-refractivity contribution in [3.8, 4) is 0 Å². The molecule has 1 aromatic carbocycles. The molecular weight excluding hydrogens is 268 g/mol. The molecule has 0 saturated carbocycles. The zero-order valence-corrected chi connectivity index (χ0v) is 12.6. The van der Waals surface area contributed by atoms with Crippen LogP contribution in [-0.4, -0.2) is 61.5 Å². The van der Waals surface area contributed by atoms with E-state index in [1.54, 1.807) is 19.1 Å². The second kappa shape index (κ2) is 7.22. The highest BCUT2D eigenvalue weighted by molar-refractivity contribution is 5.94. The summed E-state index contributed by atoms with van der Waals surface area (Å²) in [5, 5.41) is 0. The molecule has 1 atom stereocenters. The quantitative estimate of drug-likeness (QED) is 0.733. The minimum absolute atomic E-state index is 0.00846. The molecule has 0 spiro atoms. The first kappa shape index (κ1) is 15.5. The second-order valence-electron chi connectivity index (χ2n) is 5.33. The zero-order chi connectivity index (χ0) is 15.2. The van der Waals surface area contributed by atoms with Gasteiger partial charge < -0.3 is 14.5 Å². The third-order valence-electron chi connectivity index (χ3n) is 3.75. The lowest BCUT2D eigenvalue weighted by Gasteiger charge is -2.39. The Bertz CT molecular complexity index is 490. The zero-order valence-electron chi connectivity index (χ0n) is 12.6. The fourth-order valence-electron chi connectivity index (χ4n) is 2.63. The first-order valence-corrected chi connectivity index (χ1v) is 7.20. The molecule has 0 radical (unpaired) electrons. The maximum atomic E-state index is 12.4. The van der Waals surface area contributed by atoms with Gasteiger partial charge in [-0.2, -0.15) is 0 Å². The highest BCUT2D eigenvalue weighted by atomic mass is 16.5. The van der Waals surface area contributed by atoms with Crippen LogP contribution in [0.15, 0.2) is 30.3 Å². The Kier molecular flexibility index (Phi) is 5.33. The topological polar surface area (TPSA) is 49.9 Å². The van der Waals surface area contributed by atoms with Gasteiger partial charge in [0.2, 0.25) is 11.8 Å². The Morgan fingerprint density at radius 3 is 2.62 bits per heavy atom. The molecule has 5 heteroatoms. The van der Waals surface area contributed by atoms with Crippen LogP contribution in [0.4, 0.5) is 0 Å². The predicted molar refractivity (Wildman–Crippen MR) is 79.8 cm³/mol. The van der Waals surface area contributed by atoms with Gasteiger partial charge >= 0.3 is 0 Å². The molecular formula is C16H22N2O3. The van der Waals surface area contributed by atoms with Crippen molar-refractivity contribution in [1.29, 1.82) is 0 Å². The van der Waals surface area contributed by atoms with Crippen LogP contribution in [0.5, 0.6) is 0 Å². The highest BCUT2D eigenvalue weighted by Gasteiger charge is 2.37. The lowest BCUT2D eigenvalue weighted by Crippen LogP contribution is -2.59. The van der Waals surface area contributed by atoms with E-state index in [0.29, 0.717) is 19.6 Å². The summed E-state index contributed by atoms with van der Waals surface area (Å²) >= 11 is 0. The maximum absolute atomic E-state index is 12.4. The monoisotopic (exact) mass is 290 g/mol. The van der Waals surface area contributed by atoms with Crippen LogP contribution in [0, 0.1) is 0 Å². The van der Waals surface area contributed by atoms with Crippen molar-refractivity contribution in [3.05, 3.63) is 35.9 Å². The van der Waals surface area contributed by atoms with Crippen molar-refractivity contribution in [2.45, 2.75) is 18.9 Å². The smallest absolute Gasteiger partial charge is 0.245 e. The lowest BCUT2D eigenvalue weighted by atomic mass is 10.0. The van der Waals surface area contributed by atoms with Gasteiger partial charge in [-0.25, -0.2) is 0 Å². The van der Waals surface area contributed by atoms with Gasteiger partial charge in [0.15, 0.2) is 0 Å². The number of carbonyl (C=O) groups is 2. The standard InChI is InChI=1S/C16H22N2O3/c1-17-12-15(19)18(9-6-10-21-2)14(16(17)20)11-13-7-4-3-5-8-13/h3-5,7-8,14H,6,9-12H2,1-2H3/t14-/m1/s1. The fraction of sp³-hybridized carbons (Fsp3) is 0.500. The molecule has 0 N–H and O–H groups in total. The Labute approximate surface area is 125 Å². The molecule has 1 aliphatic heterocycles. The van der Waals surface area contributed by atoms with Crippen molar-refractivity contribution in [2.75, 3.05) is 33.9 Å². The molecule has 5 nitrogen and oxygen atoms in total. The summed E-state index contributed by atoms with van der Waals surface area (Å²) in [7, 11) is 3.32. The SMILES string of the molecule is COCCCN1C(=O)CN(C)C(=O)[C@H]1Cc1ccccc1. The van der Waals surface area contributed by atoms with E-state index >= 15 is 0 Å². The lowest BCUT2D eigenvalue weighted by molar-refractivity contribution is -0.154. The number of benzene rings is 1. The molecule has 1 saturated heterocycles. The number of methoxy groups -OCH3 is 1. The second-order valence-corrected chi connectivity index (χ2v) is 5.33. The molecule has 1 fully saturated rings.